The van der Waals surface area contributed by atoms with Gasteiger partial charge in [0.05, 0.1) is 0 Å². The summed E-state index contributed by atoms with van der Waals surface area (Å²) in [5.41, 5.74) is 5.26. The van der Waals surface area contributed by atoms with Crippen LogP contribution in [-0.2, 0) is 19.1 Å². The molecule has 0 aliphatic carbocycles. The predicted octanol–water partition coefficient (Wildman–Crippen LogP) is -0.195. The van der Waals surface area contributed by atoms with Crippen molar-refractivity contribution in [1.82, 2.24) is 10.9 Å². The van der Waals surface area contributed by atoms with Crippen LogP contribution in [0.1, 0.15) is 6.42 Å². The number of rotatable bonds is 4. The monoisotopic (exact) mass is 319 g/mol. The number of amides is 2. The van der Waals surface area contributed by atoms with Crippen molar-refractivity contribution in [2.24, 2.45) is 0 Å². The highest BCUT2D eigenvalue weighted by Gasteiger charge is 2.18. The highest BCUT2D eigenvalue weighted by molar-refractivity contribution is 5.96. The van der Waals surface area contributed by atoms with Gasteiger partial charge in [0.1, 0.15) is 5.70 Å². The second kappa shape index (κ2) is 6.26. The number of ether oxygens (including phenoxy) is 3. The lowest BCUT2D eigenvalue weighted by molar-refractivity contribution is -0.144. The smallest absolute Gasteiger partial charge is 0.356 e. The SMILES string of the molecule is O=C1CC=C(C(=O)OCC(=O)Nc2ccc3c(c2)OCO3)NN1. The number of carbonyl (C=O) groups is 3. The lowest BCUT2D eigenvalue weighted by atomic mass is 10.3. The van der Waals surface area contributed by atoms with Crippen molar-refractivity contribution in [3.8, 4) is 11.5 Å². The largest absolute Gasteiger partial charge is 0.454 e. The molecule has 0 radical (unpaired) electrons. The van der Waals surface area contributed by atoms with Crippen molar-refractivity contribution in [3.05, 3.63) is 30.0 Å². The molecule has 9 nitrogen and oxygen atoms in total. The summed E-state index contributed by atoms with van der Waals surface area (Å²) in [4.78, 5) is 34.4. The third-order valence-electron chi connectivity index (χ3n) is 3.04. The molecule has 0 atom stereocenters. The van der Waals surface area contributed by atoms with E-state index in [0.717, 1.165) is 0 Å². The summed E-state index contributed by atoms with van der Waals surface area (Å²) in [5, 5.41) is 2.58. The lowest BCUT2D eigenvalue weighted by Crippen LogP contribution is -2.42. The summed E-state index contributed by atoms with van der Waals surface area (Å²) in [6, 6.07) is 4.93. The van der Waals surface area contributed by atoms with Gasteiger partial charge in [-0.1, -0.05) is 0 Å². The van der Waals surface area contributed by atoms with Gasteiger partial charge in [0.15, 0.2) is 18.1 Å². The van der Waals surface area contributed by atoms with E-state index in [1.54, 1.807) is 18.2 Å². The number of benzene rings is 1. The van der Waals surface area contributed by atoms with Crippen molar-refractivity contribution < 1.29 is 28.6 Å². The molecule has 9 heteroatoms. The van der Waals surface area contributed by atoms with Crippen molar-refractivity contribution in [1.29, 1.82) is 0 Å². The normalized spacial score (nSPS) is 15.1. The zero-order chi connectivity index (χ0) is 16.2. The van der Waals surface area contributed by atoms with Crippen LogP contribution in [0.5, 0.6) is 11.5 Å². The van der Waals surface area contributed by atoms with Crippen LogP contribution >= 0.6 is 0 Å². The summed E-state index contributed by atoms with van der Waals surface area (Å²) in [6.45, 7) is -0.316. The summed E-state index contributed by atoms with van der Waals surface area (Å²) >= 11 is 0. The van der Waals surface area contributed by atoms with E-state index in [4.69, 9.17) is 14.2 Å². The van der Waals surface area contributed by atoms with Crippen LogP contribution in [0.15, 0.2) is 30.0 Å². The van der Waals surface area contributed by atoms with Crippen LogP contribution < -0.4 is 25.6 Å². The minimum Gasteiger partial charge on any atom is -0.454 e. The molecule has 0 saturated heterocycles. The number of anilines is 1. The molecule has 1 aromatic carbocycles. The lowest BCUT2D eigenvalue weighted by Gasteiger charge is -2.15. The Morgan fingerprint density at radius 2 is 2.04 bits per heavy atom. The quantitative estimate of drug-likeness (QED) is 0.659. The number of esters is 1. The molecule has 2 aliphatic rings. The van der Waals surface area contributed by atoms with E-state index < -0.39 is 18.5 Å². The fraction of sp³-hybridized carbons (Fsp3) is 0.214. The van der Waals surface area contributed by atoms with E-state index in [2.05, 4.69) is 16.2 Å². The first-order chi connectivity index (χ1) is 11.1. The summed E-state index contributed by atoms with van der Waals surface area (Å²) < 4.78 is 15.2. The average molecular weight is 319 g/mol. The van der Waals surface area contributed by atoms with Gasteiger partial charge in [-0.25, -0.2) is 4.79 Å². The molecule has 3 N–H and O–H groups in total. The van der Waals surface area contributed by atoms with E-state index in [9.17, 15) is 14.4 Å². The molecule has 0 spiro atoms. The van der Waals surface area contributed by atoms with Crippen LogP contribution in [0.3, 0.4) is 0 Å². The maximum atomic E-state index is 11.8. The van der Waals surface area contributed by atoms with Crippen LogP contribution in [0, 0.1) is 0 Å². The molecule has 3 rings (SSSR count). The summed E-state index contributed by atoms with van der Waals surface area (Å²) in [5.74, 6) is -0.357. The summed E-state index contributed by atoms with van der Waals surface area (Å²) in [7, 11) is 0. The first kappa shape index (κ1) is 14.7. The van der Waals surface area contributed by atoms with Gasteiger partial charge in [0, 0.05) is 18.2 Å². The first-order valence-electron chi connectivity index (χ1n) is 6.73. The molecule has 2 heterocycles. The van der Waals surface area contributed by atoms with Crippen LogP contribution in [0.25, 0.3) is 0 Å². The molecule has 1 aromatic rings. The second-order valence-corrected chi connectivity index (χ2v) is 4.69. The Kier molecular flexibility index (Phi) is 4.00. The molecule has 120 valence electrons. The first-order valence-corrected chi connectivity index (χ1v) is 6.73. The van der Waals surface area contributed by atoms with E-state index >= 15 is 0 Å². The Labute approximate surface area is 130 Å². The molecular formula is C14H13N3O6. The minimum absolute atomic E-state index is 0.0703. The molecule has 2 aliphatic heterocycles. The van der Waals surface area contributed by atoms with Gasteiger partial charge in [-0.05, 0) is 18.2 Å². The van der Waals surface area contributed by atoms with Crippen molar-refractivity contribution in [2.75, 3.05) is 18.7 Å². The average Bonchev–Trinajstić information content (AvgIpc) is 3.01. The maximum Gasteiger partial charge on any atom is 0.356 e. The van der Waals surface area contributed by atoms with Gasteiger partial charge < -0.3 is 19.5 Å². The van der Waals surface area contributed by atoms with E-state index in [0.29, 0.717) is 17.2 Å². The molecule has 0 unspecified atom stereocenters. The molecule has 0 aromatic heterocycles. The van der Waals surface area contributed by atoms with Gasteiger partial charge in [-0.15, -0.1) is 0 Å². The molecule has 2 amide bonds. The number of nitrogens with one attached hydrogen (secondary N) is 3. The van der Waals surface area contributed by atoms with Gasteiger partial charge in [-0.3, -0.25) is 20.4 Å². The third-order valence-corrected chi connectivity index (χ3v) is 3.04. The number of fused-ring (bicyclic) bond motifs is 1. The van der Waals surface area contributed by atoms with Gasteiger partial charge in [0.2, 0.25) is 12.7 Å². The fourth-order valence-corrected chi connectivity index (χ4v) is 1.95. The van der Waals surface area contributed by atoms with Crippen molar-refractivity contribution in [2.45, 2.75) is 6.42 Å². The van der Waals surface area contributed by atoms with E-state index in [-0.39, 0.29) is 24.8 Å². The molecular weight excluding hydrogens is 306 g/mol. The number of hydrogen-bond acceptors (Lipinski definition) is 7. The van der Waals surface area contributed by atoms with Gasteiger partial charge >= 0.3 is 5.97 Å². The fourth-order valence-electron chi connectivity index (χ4n) is 1.95. The van der Waals surface area contributed by atoms with Crippen molar-refractivity contribution >= 4 is 23.5 Å². The Morgan fingerprint density at radius 3 is 2.83 bits per heavy atom. The molecule has 23 heavy (non-hydrogen) atoms. The topological polar surface area (TPSA) is 115 Å². The predicted molar refractivity (Wildman–Crippen MR) is 76.1 cm³/mol. The Balaban J connectivity index is 1.50. The maximum absolute atomic E-state index is 11.8. The van der Waals surface area contributed by atoms with Gasteiger partial charge in [0.25, 0.3) is 5.91 Å². The molecule has 0 fully saturated rings. The molecule has 0 saturated carbocycles. The van der Waals surface area contributed by atoms with Crippen molar-refractivity contribution in [3.63, 3.8) is 0 Å². The van der Waals surface area contributed by atoms with Crippen LogP contribution in [0.4, 0.5) is 5.69 Å². The summed E-state index contributed by atoms with van der Waals surface area (Å²) in [6.07, 6.45) is 1.46. The minimum atomic E-state index is -0.731. The van der Waals surface area contributed by atoms with Crippen LogP contribution in [-0.4, -0.2) is 31.2 Å². The highest BCUT2D eigenvalue weighted by Crippen LogP contribution is 2.34. The Morgan fingerprint density at radius 1 is 1.22 bits per heavy atom. The van der Waals surface area contributed by atoms with Crippen LogP contribution in [0.2, 0.25) is 0 Å². The number of hydrazine groups is 1. The third kappa shape index (κ3) is 3.51. The van der Waals surface area contributed by atoms with E-state index in [1.165, 1.54) is 6.08 Å². The zero-order valence-corrected chi connectivity index (χ0v) is 11.9. The standard InChI is InChI=1S/C14H13N3O6/c18-12-4-2-9(16-17-12)14(20)21-6-13(19)15-8-1-3-10-11(5-8)23-7-22-10/h1-3,5,16H,4,6-7H2,(H,15,19)(H,17,18). The second-order valence-electron chi connectivity index (χ2n) is 4.69. The Bertz CT molecular complexity index is 700. The number of carbonyl (C=O) groups excluding carboxylic acids is 3. The molecule has 0 bridgehead atoms. The highest BCUT2D eigenvalue weighted by atomic mass is 16.7. The van der Waals surface area contributed by atoms with E-state index in [1.807, 2.05) is 0 Å². The zero-order valence-electron chi connectivity index (χ0n) is 11.9. The Hall–Kier alpha value is -3.23. The van der Waals surface area contributed by atoms with Gasteiger partial charge in [-0.2, -0.15) is 0 Å². The number of hydrogen-bond donors (Lipinski definition) is 3.